The first-order chi connectivity index (χ1) is 9.13. The molecule has 0 saturated carbocycles. The number of benzene rings is 1. The van der Waals surface area contributed by atoms with Crippen molar-refractivity contribution in [1.82, 2.24) is 0 Å². The zero-order chi connectivity index (χ0) is 14.1. The van der Waals surface area contributed by atoms with Gasteiger partial charge in [0, 0.05) is 0 Å². The van der Waals surface area contributed by atoms with Crippen LogP contribution in [0.5, 0.6) is 0 Å². The van der Waals surface area contributed by atoms with Crippen molar-refractivity contribution in [3.05, 3.63) is 35.9 Å². The van der Waals surface area contributed by atoms with Gasteiger partial charge in [0.15, 0.2) is 0 Å². The van der Waals surface area contributed by atoms with Crippen LogP contribution in [-0.4, -0.2) is 18.6 Å². The van der Waals surface area contributed by atoms with E-state index in [9.17, 15) is 4.79 Å². The Bertz CT molecular complexity index is 364. The number of rotatable bonds is 8. The van der Waals surface area contributed by atoms with E-state index in [-0.39, 0.29) is 5.97 Å². The van der Waals surface area contributed by atoms with Crippen molar-refractivity contribution >= 4 is 5.97 Å². The summed E-state index contributed by atoms with van der Waals surface area (Å²) >= 11 is 0. The molecule has 0 heterocycles. The SMILES string of the molecule is CCCC(C)COC(=O)C(N)CCc1ccccc1. The van der Waals surface area contributed by atoms with Gasteiger partial charge in [-0.25, -0.2) is 0 Å². The fourth-order valence-electron chi connectivity index (χ4n) is 1.99. The number of hydrogen-bond donors (Lipinski definition) is 1. The monoisotopic (exact) mass is 263 g/mol. The first kappa shape index (κ1) is 15.7. The minimum atomic E-state index is -0.519. The molecule has 0 saturated heterocycles. The molecule has 0 bridgehead atoms. The molecule has 1 rings (SSSR count). The van der Waals surface area contributed by atoms with Gasteiger partial charge in [0.1, 0.15) is 6.04 Å². The minimum Gasteiger partial charge on any atom is -0.464 e. The lowest BCUT2D eigenvalue weighted by Gasteiger charge is -2.14. The van der Waals surface area contributed by atoms with Crippen molar-refractivity contribution in [2.75, 3.05) is 6.61 Å². The molecule has 0 aliphatic carbocycles. The Kier molecular flexibility index (Phi) is 7.19. The summed E-state index contributed by atoms with van der Waals surface area (Å²) in [5.41, 5.74) is 7.05. The van der Waals surface area contributed by atoms with E-state index in [0.717, 1.165) is 19.3 Å². The van der Waals surface area contributed by atoms with Gasteiger partial charge in [-0.05, 0) is 30.7 Å². The van der Waals surface area contributed by atoms with Crippen molar-refractivity contribution in [1.29, 1.82) is 0 Å². The number of hydrogen-bond acceptors (Lipinski definition) is 3. The van der Waals surface area contributed by atoms with Crippen LogP contribution in [0.25, 0.3) is 0 Å². The standard InChI is InChI=1S/C16H25NO2/c1-3-7-13(2)12-19-16(18)15(17)11-10-14-8-5-4-6-9-14/h4-6,8-9,13,15H,3,7,10-12,17H2,1-2H3. The fourth-order valence-corrected chi connectivity index (χ4v) is 1.99. The summed E-state index contributed by atoms with van der Waals surface area (Å²) in [5.74, 6) is 0.133. The molecule has 2 unspecified atom stereocenters. The minimum absolute atomic E-state index is 0.279. The van der Waals surface area contributed by atoms with Crippen molar-refractivity contribution in [3.63, 3.8) is 0 Å². The molecule has 0 amide bonds. The topological polar surface area (TPSA) is 52.3 Å². The molecule has 106 valence electrons. The Morgan fingerprint density at radius 3 is 2.58 bits per heavy atom. The second-order valence-electron chi connectivity index (χ2n) is 5.15. The third-order valence-electron chi connectivity index (χ3n) is 3.18. The summed E-state index contributed by atoms with van der Waals surface area (Å²) in [7, 11) is 0. The molecular formula is C16H25NO2. The number of nitrogens with two attached hydrogens (primary N) is 1. The van der Waals surface area contributed by atoms with Crippen LogP contribution in [-0.2, 0) is 16.0 Å². The van der Waals surface area contributed by atoms with Crippen molar-refractivity contribution in [2.24, 2.45) is 11.7 Å². The van der Waals surface area contributed by atoms with E-state index in [1.54, 1.807) is 0 Å². The highest BCUT2D eigenvalue weighted by Gasteiger charge is 2.15. The molecule has 1 aromatic rings. The Morgan fingerprint density at radius 1 is 1.26 bits per heavy atom. The molecular weight excluding hydrogens is 238 g/mol. The lowest BCUT2D eigenvalue weighted by molar-refractivity contribution is -0.146. The van der Waals surface area contributed by atoms with Crippen molar-refractivity contribution in [3.8, 4) is 0 Å². The summed E-state index contributed by atoms with van der Waals surface area (Å²) in [6, 6.07) is 9.53. The third kappa shape index (κ3) is 6.39. The maximum atomic E-state index is 11.7. The van der Waals surface area contributed by atoms with Crippen LogP contribution in [0.3, 0.4) is 0 Å². The van der Waals surface area contributed by atoms with Crippen molar-refractivity contribution in [2.45, 2.75) is 45.6 Å². The van der Waals surface area contributed by atoms with Crippen LogP contribution in [0, 0.1) is 5.92 Å². The van der Waals surface area contributed by atoms with Gasteiger partial charge in [-0.15, -0.1) is 0 Å². The molecule has 2 atom stereocenters. The van der Waals surface area contributed by atoms with Crippen molar-refractivity contribution < 1.29 is 9.53 Å². The Balaban J connectivity index is 2.25. The molecule has 0 aromatic heterocycles. The third-order valence-corrected chi connectivity index (χ3v) is 3.18. The van der Waals surface area contributed by atoms with Crippen LogP contribution >= 0.6 is 0 Å². The quantitative estimate of drug-likeness (QED) is 0.734. The maximum absolute atomic E-state index is 11.7. The normalized spacial score (nSPS) is 13.8. The van der Waals surface area contributed by atoms with Gasteiger partial charge in [-0.2, -0.15) is 0 Å². The molecule has 1 aromatic carbocycles. The largest absolute Gasteiger partial charge is 0.464 e. The Morgan fingerprint density at radius 2 is 1.95 bits per heavy atom. The summed E-state index contributed by atoms with van der Waals surface area (Å²) < 4.78 is 5.24. The second kappa shape index (κ2) is 8.70. The Labute approximate surface area is 116 Å². The smallest absolute Gasteiger partial charge is 0.322 e. The van der Waals surface area contributed by atoms with E-state index < -0.39 is 6.04 Å². The van der Waals surface area contributed by atoms with Gasteiger partial charge in [0.25, 0.3) is 0 Å². The van der Waals surface area contributed by atoms with Gasteiger partial charge < -0.3 is 10.5 Å². The van der Waals surface area contributed by atoms with E-state index in [4.69, 9.17) is 10.5 Å². The molecule has 0 spiro atoms. The lowest BCUT2D eigenvalue weighted by atomic mass is 10.1. The molecule has 0 aliphatic rings. The molecule has 0 radical (unpaired) electrons. The van der Waals surface area contributed by atoms with E-state index in [0.29, 0.717) is 18.9 Å². The summed E-state index contributed by atoms with van der Waals surface area (Å²) in [4.78, 5) is 11.7. The number of carbonyl (C=O) groups excluding carboxylic acids is 1. The predicted molar refractivity (Wildman–Crippen MR) is 77.8 cm³/mol. The zero-order valence-electron chi connectivity index (χ0n) is 12.0. The van der Waals surface area contributed by atoms with E-state index in [1.807, 2.05) is 30.3 Å². The van der Waals surface area contributed by atoms with Gasteiger partial charge >= 0.3 is 5.97 Å². The second-order valence-corrected chi connectivity index (χ2v) is 5.15. The summed E-state index contributed by atoms with van der Waals surface area (Å²) in [6.45, 7) is 4.70. The predicted octanol–water partition coefficient (Wildman–Crippen LogP) is 2.93. The van der Waals surface area contributed by atoms with Gasteiger partial charge in [0.05, 0.1) is 6.61 Å². The highest BCUT2D eigenvalue weighted by Crippen LogP contribution is 2.08. The molecule has 0 aliphatic heterocycles. The number of esters is 1. The van der Waals surface area contributed by atoms with Crippen LogP contribution < -0.4 is 5.73 Å². The fraction of sp³-hybridized carbons (Fsp3) is 0.562. The first-order valence-electron chi connectivity index (χ1n) is 7.09. The van der Waals surface area contributed by atoms with E-state index in [1.165, 1.54) is 5.56 Å². The zero-order valence-corrected chi connectivity index (χ0v) is 12.0. The molecule has 19 heavy (non-hydrogen) atoms. The number of ether oxygens (including phenoxy) is 1. The van der Waals surface area contributed by atoms with Gasteiger partial charge in [-0.1, -0.05) is 50.6 Å². The van der Waals surface area contributed by atoms with Crippen LogP contribution in [0.4, 0.5) is 0 Å². The summed E-state index contributed by atoms with van der Waals surface area (Å²) in [5, 5.41) is 0. The van der Waals surface area contributed by atoms with Crippen LogP contribution in [0.1, 0.15) is 38.7 Å². The van der Waals surface area contributed by atoms with E-state index >= 15 is 0 Å². The van der Waals surface area contributed by atoms with Crippen LogP contribution in [0.2, 0.25) is 0 Å². The average molecular weight is 263 g/mol. The first-order valence-corrected chi connectivity index (χ1v) is 7.09. The molecule has 3 heteroatoms. The van der Waals surface area contributed by atoms with Crippen LogP contribution in [0.15, 0.2) is 30.3 Å². The number of carbonyl (C=O) groups is 1. The lowest BCUT2D eigenvalue weighted by Crippen LogP contribution is -2.33. The molecule has 2 N–H and O–H groups in total. The highest BCUT2D eigenvalue weighted by atomic mass is 16.5. The molecule has 0 fully saturated rings. The highest BCUT2D eigenvalue weighted by molar-refractivity contribution is 5.75. The number of aryl methyl sites for hydroxylation is 1. The summed E-state index contributed by atoms with van der Waals surface area (Å²) in [6.07, 6.45) is 3.62. The van der Waals surface area contributed by atoms with Gasteiger partial charge in [-0.3, -0.25) is 4.79 Å². The Hall–Kier alpha value is -1.35. The average Bonchev–Trinajstić information content (AvgIpc) is 2.43. The molecule has 3 nitrogen and oxygen atoms in total. The maximum Gasteiger partial charge on any atom is 0.322 e. The van der Waals surface area contributed by atoms with Gasteiger partial charge in [0.2, 0.25) is 0 Å². The van der Waals surface area contributed by atoms with E-state index in [2.05, 4.69) is 13.8 Å².